The zero-order valence-corrected chi connectivity index (χ0v) is 12.2. The lowest BCUT2D eigenvalue weighted by Gasteiger charge is -2.29. The van der Waals surface area contributed by atoms with Crippen molar-refractivity contribution in [1.82, 2.24) is 0 Å². The van der Waals surface area contributed by atoms with Crippen LogP contribution in [0.25, 0.3) is 0 Å². The van der Waals surface area contributed by atoms with E-state index in [0.29, 0.717) is 5.69 Å². The van der Waals surface area contributed by atoms with E-state index in [2.05, 4.69) is 6.07 Å². The lowest BCUT2D eigenvalue weighted by molar-refractivity contribution is 0.577. The molecule has 1 aliphatic rings. The maximum atomic E-state index is 12.5. The monoisotopic (exact) mass is 287 g/mol. The van der Waals surface area contributed by atoms with Crippen molar-refractivity contribution in [2.75, 3.05) is 11.5 Å². The molecule has 3 nitrogen and oxygen atoms in total. The zero-order valence-electron chi connectivity index (χ0n) is 11.3. The van der Waals surface area contributed by atoms with E-state index >= 15 is 0 Å². The Labute approximate surface area is 119 Å². The van der Waals surface area contributed by atoms with Crippen LogP contribution in [0.3, 0.4) is 0 Å². The number of hydrogen-bond donors (Lipinski definition) is 1. The van der Waals surface area contributed by atoms with Gasteiger partial charge in [0.05, 0.1) is 16.3 Å². The van der Waals surface area contributed by atoms with Crippen LogP contribution in [0.4, 0.5) is 5.69 Å². The van der Waals surface area contributed by atoms with Gasteiger partial charge in [-0.15, -0.1) is 0 Å². The van der Waals surface area contributed by atoms with E-state index in [1.54, 1.807) is 12.1 Å². The molecule has 3 rings (SSSR count). The molecule has 0 amide bonds. The summed E-state index contributed by atoms with van der Waals surface area (Å²) in [5.41, 5.74) is 9.48. The Kier molecular flexibility index (Phi) is 3.05. The van der Waals surface area contributed by atoms with Gasteiger partial charge in [-0.3, -0.25) is 0 Å². The van der Waals surface area contributed by atoms with Crippen molar-refractivity contribution in [2.45, 2.75) is 24.2 Å². The molecule has 20 heavy (non-hydrogen) atoms. The van der Waals surface area contributed by atoms with Crippen LogP contribution in [0.5, 0.6) is 0 Å². The fourth-order valence-electron chi connectivity index (χ4n) is 2.78. The summed E-state index contributed by atoms with van der Waals surface area (Å²) in [7, 11) is -3.34. The average Bonchev–Trinajstić information content (AvgIpc) is 2.39. The second-order valence-corrected chi connectivity index (χ2v) is 7.43. The smallest absolute Gasteiger partial charge is 0.181 e. The highest BCUT2D eigenvalue weighted by Crippen LogP contribution is 2.37. The van der Waals surface area contributed by atoms with Crippen LogP contribution in [0.2, 0.25) is 0 Å². The molecule has 2 aromatic rings. The molecule has 0 spiro atoms. The second-order valence-electron chi connectivity index (χ2n) is 5.42. The summed E-state index contributed by atoms with van der Waals surface area (Å²) < 4.78 is 25.1. The first-order valence-electron chi connectivity index (χ1n) is 6.64. The van der Waals surface area contributed by atoms with Gasteiger partial charge in [-0.1, -0.05) is 30.3 Å². The lowest BCUT2D eigenvalue weighted by Crippen LogP contribution is -2.25. The Morgan fingerprint density at radius 2 is 1.95 bits per heavy atom. The molecule has 0 aromatic heterocycles. The van der Waals surface area contributed by atoms with Gasteiger partial charge in [0.1, 0.15) is 0 Å². The predicted octanol–water partition coefficient (Wildman–Crippen LogP) is 2.69. The van der Waals surface area contributed by atoms with Gasteiger partial charge in [-0.2, -0.15) is 0 Å². The van der Waals surface area contributed by atoms with Crippen molar-refractivity contribution in [3.8, 4) is 0 Å². The third kappa shape index (κ3) is 2.20. The van der Waals surface area contributed by atoms with Gasteiger partial charge in [-0.25, -0.2) is 8.42 Å². The number of rotatable bonds is 3. The molecular weight excluding hydrogens is 270 g/mol. The van der Waals surface area contributed by atoms with Gasteiger partial charge in [0.15, 0.2) is 9.84 Å². The van der Waals surface area contributed by atoms with E-state index in [4.69, 9.17) is 5.73 Å². The van der Waals surface area contributed by atoms with Crippen LogP contribution in [-0.4, -0.2) is 14.2 Å². The minimum absolute atomic E-state index is 0.0936. The number of anilines is 1. The highest BCUT2D eigenvalue weighted by atomic mass is 32.2. The second kappa shape index (κ2) is 4.63. The van der Waals surface area contributed by atoms with Crippen molar-refractivity contribution in [3.63, 3.8) is 0 Å². The summed E-state index contributed by atoms with van der Waals surface area (Å²) in [6, 6.07) is 13.2. The summed E-state index contributed by atoms with van der Waals surface area (Å²) in [5.74, 6) is 0.230. The fourth-order valence-corrected chi connectivity index (χ4v) is 4.58. The molecule has 0 saturated heterocycles. The van der Waals surface area contributed by atoms with Gasteiger partial charge in [0.25, 0.3) is 0 Å². The standard InChI is InChI=1S/C16H17NO2S/c1-11-6-7-15(17)16(8-11)20(18,19)10-13-9-12-4-2-3-5-14(12)13/h2-8,13H,9-10,17H2,1H3. The zero-order chi connectivity index (χ0) is 14.3. The van der Waals surface area contributed by atoms with Crippen LogP contribution < -0.4 is 5.73 Å². The average molecular weight is 287 g/mol. The number of sulfone groups is 1. The normalized spacial score (nSPS) is 17.4. The molecule has 104 valence electrons. The van der Waals surface area contributed by atoms with Gasteiger partial charge < -0.3 is 5.73 Å². The first-order chi connectivity index (χ1) is 9.47. The number of benzene rings is 2. The van der Waals surface area contributed by atoms with Crippen molar-refractivity contribution in [3.05, 3.63) is 59.2 Å². The Bertz CT molecular complexity index is 766. The highest BCUT2D eigenvalue weighted by molar-refractivity contribution is 7.91. The minimum atomic E-state index is -3.34. The summed E-state index contributed by atoms with van der Waals surface area (Å²) in [6.45, 7) is 1.87. The predicted molar refractivity (Wildman–Crippen MR) is 80.5 cm³/mol. The molecule has 1 unspecified atom stereocenters. The third-order valence-corrected chi connectivity index (χ3v) is 5.75. The molecule has 1 aliphatic carbocycles. The lowest BCUT2D eigenvalue weighted by atomic mass is 9.79. The molecule has 2 N–H and O–H groups in total. The molecule has 0 aliphatic heterocycles. The van der Waals surface area contributed by atoms with Crippen molar-refractivity contribution in [1.29, 1.82) is 0 Å². The van der Waals surface area contributed by atoms with Crippen molar-refractivity contribution < 1.29 is 8.42 Å². The van der Waals surface area contributed by atoms with Crippen molar-refractivity contribution >= 4 is 15.5 Å². The Morgan fingerprint density at radius 3 is 2.70 bits per heavy atom. The quantitative estimate of drug-likeness (QED) is 0.883. The number of nitrogen functional groups attached to an aromatic ring is 1. The van der Waals surface area contributed by atoms with Crippen LogP contribution in [-0.2, 0) is 16.3 Å². The molecule has 2 aromatic carbocycles. The summed E-state index contributed by atoms with van der Waals surface area (Å²) >= 11 is 0. The van der Waals surface area contributed by atoms with E-state index in [-0.39, 0.29) is 16.6 Å². The first kappa shape index (κ1) is 13.2. The molecular formula is C16H17NO2S. The van der Waals surface area contributed by atoms with Crippen LogP contribution >= 0.6 is 0 Å². The third-order valence-electron chi connectivity index (χ3n) is 3.89. The first-order valence-corrected chi connectivity index (χ1v) is 8.29. The number of nitrogens with two attached hydrogens (primary N) is 1. The molecule has 0 saturated carbocycles. The number of fused-ring (bicyclic) bond motifs is 1. The largest absolute Gasteiger partial charge is 0.398 e. The van der Waals surface area contributed by atoms with Crippen LogP contribution in [0, 0.1) is 6.92 Å². The number of hydrogen-bond acceptors (Lipinski definition) is 3. The van der Waals surface area contributed by atoms with E-state index in [0.717, 1.165) is 17.5 Å². The summed E-state index contributed by atoms with van der Waals surface area (Å²) in [4.78, 5) is 0.266. The SMILES string of the molecule is Cc1ccc(N)c(S(=O)(=O)CC2Cc3ccccc32)c1. The summed E-state index contributed by atoms with van der Waals surface area (Å²) in [6.07, 6.45) is 0.834. The Balaban J connectivity index is 1.90. The van der Waals surface area contributed by atoms with Gasteiger partial charge in [0.2, 0.25) is 0 Å². The van der Waals surface area contributed by atoms with Gasteiger partial charge in [0, 0.05) is 5.92 Å². The molecule has 0 bridgehead atoms. The molecule has 0 fully saturated rings. The van der Waals surface area contributed by atoms with E-state index < -0.39 is 9.84 Å². The summed E-state index contributed by atoms with van der Waals surface area (Å²) in [5, 5.41) is 0. The van der Waals surface area contributed by atoms with Gasteiger partial charge >= 0.3 is 0 Å². The highest BCUT2D eigenvalue weighted by Gasteiger charge is 2.31. The maximum absolute atomic E-state index is 12.5. The van der Waals surface area contributed by atoms with E-state index in [1.807, 2.05) is 31.2 Å². The molecule has 0 heterocycles. The Morgan fingerprint density at radius 1 is 1.20 bits per heavy atom. The minimum Gasteiger partial charge on any atom is -0.398 e. The van der Waals surface area contributed by atoms with E-state index in [9.17, 15) is 8.42 Å². The molecule has 0 radical (unpaired) electrons. The number of aryl methyl sites for hydroxylation is 1. The molecule has 1 atom stereocenters. The van der Waals surface area contributed by atoms with Crippen molar-refractivity contribution in [2.24, 2.45) is 0 Å². The fraction of sp³-hybridized carbons (Fsp3) is 0.250. The van der Waals surface area contributed by atoms with Crippen LogP contribution in [0.15, 0.2) is 47.4 Å². The molecule has 4 heteroatoms. The topological polar surface area (TPSA) is 60.2 Å². The Hall–Kier alpha value is -1.81. The van der Waals surface area contributed by atoms with Gasteiger partial charge in [-0.05, 0) is 42.2 Å². The maximum Gasteiger partial charge on any atom is 0.181 e. The van der Waals surface area contributed by atoms with E-state index in [1.165, 1.54) is 5.56 Å². The van der Waals surface area contributed by atoms with Crippen LogP contribution in [0.1, 0.15) is 22.6 Å².